The molecule has 9 heteroatoms. The number of nitrogens with zero attached hydrogens (tertiary/aromatic N) is 2. The molecule has 0 aromatic heterocycles. The van der Waals surface area contributed by atoms with Gasteiger partial charge < -0.3 is 9.47 Å². The van der Waals surface area contributed by atoms with Crippen molar-refractivity contribution >= 4 is 69.2 Å². The van der Waals surface area contributed by atoms with E-state index in [9.17, 15) is 14.4 Å². The van der Waals surface area contributed by atoms with Crippen molar-refractivity contribution in [3.63, 3.8) is 0 Å². The number of allylic oxidation sites excluding steroid dienone is 2. The first-order chi connectivity index (χ1) is 14.3. The molecule has 158 valence electrons. The number of amides is 2. The minimum absolute atomic E-state index is 0.163. The van der Waals surface area contributed by atoms with E-state index in [-0.39, 0.29) is 35.5 Å². The molecule has 0 radical (unpaired) electrons. The standard InChI is InChI=1S/C21H20I2N2O5/c1-3-29-21(28)10(2)30-18-14(22)6-11(7-15(18)23)9-24-25-19(26)16-12-4-5-13(8-12)17(16)20(25)27/h4-7,9-10,12-13,16-17H,3,8H2,1-2H3/t10-,12-,13-,16-,17+/m0/s1. The van der Waals surface area contributed by atoms with Crippen LogP contribution in [0.15, 0.2) is 29.4 Å². The molecule has 1 aromatic rings. The predicted octanol–water partition coefficient (Wildman–Crippen LogP) is 3.37. The molecule has 2 aliphatic carbocycles. The monoisotopic (exact) mass is 634 g/mol. The topological polar surface area (TPSA) is 85.3 Å². The van der Waals surface area contributed by atoms with Crippen molar-refractivity contribution in [3.8, 4) is 5.75 Å². The highest BCUT2D eigenvalue weighted by Crippen LogP contribution is 2.52. The zero-order valence-corrected chi connectivity index (χ0v) is 20.7. The molecule has 1 saturated carbocycles. The minimum Gasteiger partial charge on any atom is -0.477 e. The number of rotatable bonds is 6. The summed E-state index contributed by atoms with van der Waals surface area (Å²) >= 11 is 4.24. The van der Waals surface area contributed by atoms with Gasteiger partial charge in [-0.15, -0.1) is 0 Å². The van der Waals surface area contributed by atoms with E-state index in [2.05, 4.69) is 62.4 Å². The van der Waals surface area contributed by atoms with Gasteiger partial charge in [0.2, 0.25) is 0 Å². The fourth-order valence-electron chi connectivity index (χ4n) is 4.38. The lowest BCUT2D eigenvalue weighted by Gasteiger charge is -2.16. The maximum Gasteiger partial charge on any atom is 0.347 e. The third kappa shape index (κ3) is 3.78. The molecule has 1 aromatic carbocycles. The lowest BCUT2D eigenvalue weighted by Crippen LogP contribution is -2.28. The highest BCUT2D eigenvalue weighted by molar-refractivity contribution is 14.1. The molecule has 0 spiro atoms. The summed E-state index contributed by atoms with van der Waals surface area (Å²) in [5.41, 5.74) is 0.735. The second kappa shape index (κ2) is 8.56. The summed E-state index contributed by atoms with van der Waals surface area (Å²) < 4.78 is 12.3. The molecule has 2 amide bonds. The first kappa shape index (κ1) is 21.7. The molecule has 30 heavy (non-hydrogen) atoms. The van der Waals surface area contributed by atoms with Crippen molar-refractivity contribution < 1.29 is 23.9 Å². The second-order valence-electron chi connectivity index (χ2n) is 7.56. The number of esters is 1. The minimum atomic E-state index is -0.727. The number of imide groups is 1. The van der Waals surface area contributed by atoms with Gasteiger partial charge in [-0.2, -0.15) is 10.1 Å². The van der Waals surface area contributed by atoms with E-state index < -0.39 is 12.1 Å². The molecule has 0 N–H and O–H groups in total. The first-order valence-corrected chi connectivity index (χ1v) is 11.9. The predicted molar refractivity (Wildman–Crippen MR) is 126 cm³/mol. The Bertz CT molecular complexity index is 923. The Morgan fingerprint density at radius 2 is 1.77 bits per heavy atom. The van der Waals surface area contributed by atoms with Crippen LogP contribution in [0.4, 0.5) is 0 Å². The molecule has 7 nitrogen and oxygen atoms in total. The van der Waals surface area contributed by atoms with Crippen LogP contribution in [0.3, 0.4) is 0 Å². The van der Waals surface area contributed by atoms with Crippen LogP contribution in [0.25, 0.3) is 0 Å². The van der Waals surface area contributed by atoms with Gasteiger partial charge in [-0.1, -0.05) is 12.2 Å². The lowest BCUT2D eigenvalue weighted by atomic mass is 9.85. The molecule has 0 unspecified atom stereocenters. The molecule has 1 saturated heterocycles. The van der Waals surface area contributed by atoms with Crippen LogP contribution in [-0.2, 0) is 19.1 Å². The highest BCUT2D eigenvalue weighted by Gasteiger charge is 2.59. The highest BCUT2D eigenvalue weighted by atomic mass is 127. The van der Waals surface area contributed by atoms with Crippen molar-refractivity contribution in [2.75, 3.05) is 6.61 Å². The fourth-order valence-corrected chi connectivity index (χ4v) is 6.45. The first-order valence-electron chi connectivity index (χ1n) is 9.74. The van der Waals surface area contributed by atoms with E-state index in [4.69, 9.17) is 9.47 Å². The van der Waals surface area contributed by atoms with Gasteiger partial charge in [-0.05, 0) is 95.0 Å². The number of ether oxygens (including phenoxy) is 2. The number of halogens is 2. The molecule has 1 heterocycles. The van der Waals surface area contributed by atoms with Crippen molar-refractivity contribution in [1.82, 2.24) is 5.01 Å². The summed E-state index contributed by atoms with van der Waals surface area (Å²) in [6.07, 6.45) is 5.81. The van der Waals surface area contributed by atoms with Crippen molar-refractivity contribution in [2.24, 2.45) is 28.8 Å². The summed E-state index contributed by atoms with van der Waals surface area (Å²) in [5, 5.41) is 5.26. The summed E-state index contributed by atoms with van der Waals surface area (Å²) in [7, 11) is 0. The summed E-state index contributed by atoms with van der Waals surface area (Å²) in [6.45, 7) is 3.68. The van der Waals surface area contributed by atoms with Gasteiger partial charge in [0.05, 0.1) is 31.8 Å². The van der Waals surface area contributed by atoms with Crippen LogP contribution < -0.4 is 4.74 Å². The largest absolute Gasteiger partial charge is 0.477 e. The number of hydrogen-bond donors (Lipinski definition) is 0. The van der Waals surface area contributed by atoms with Crippen LogP contribution in [0.2, 0.25) is 0 Å². The molecule has 5 atom stereocenters. The van der Waals surface area contributed by atoms with Crippen LogP contribution in [0.5, 0.6) is 5.75 Å². The maximum atomic E-state index is 12.7. The van der Waals surface area contributed by atoms with Gasteiger partial charge >= 0.3 is 5.97 Å². The Balaban J connectivity index is 1.49. The molecule has 2 fully saturated rings. The van der Waals surface area contributed by atoms with Crippen LogP contribution >= 0.6 is 45.2 Å². The summed E-state index contributed by atoms with van der Waals surface area (Å²) in [4.78, 5) is 37.3. The number of hydrazone groups is 1. The van der Waals surface area contributed by atoms with Gasteiger partial charge in [-0.25, -0.2) is 4.79 Å². The van der Waals surface area contributed by atoms with Crippen molar-refractivity contribution in [1.29, 1.82) is 0 Å². The van der Waals surface area contributed by atoms with Gasteiger partial charge in [0.25, 0.3) is 11.8 Å². The zero-order chi connectivity index (χ0) is 21.6. The van der Waals surface area contributed by atoms with Crippen molar-refractivity contribution in [2.45, 2.75) is 26.4 Å². The van der Waals surface area contributed by atoms with E-state index in [1.807, 2.05) is 12.1 Å². The smallest absolute Gasteiger partial charge is 0.347 e. The van der Waals surface area contributed by atoms with E-state index in [1.165, 1.54) is 6.21 Å². The quantitative estimate of drug-likeness (QED) is 0.158. The Morgan fingerprint density at radius 1 is 1.20 bits per heavy atom. The number of fused-ring (bicyclic) bond motifs is 5. The molecular weight excluding hydrogens is 614 g/mol. The van der Waals surface area contributed by atoms with Gasteiger partial charge in [0, 0.05) is 0 Å². The fraction of sp³-hybridized carbons (Fsp3) is 0.429. The SMILES string of the molecule is CCOC(=O)[C@H](C)Oc1c(I)cc(C=NN2C(=O)[C@@H]3[C@H](C2=O)[C@H]2C=C[C@H]3C2)cc1I. The van der Waals surface area contributed by atoms with E-state index in [1.54, 1.807) is 13.8 Å². The Hall–Kier alpha value is -1.50. The van der Waals surface area contributed by atoms with E-state index in [0.717, 1.165) is 24.1 Å². The number of carbonyl (C=O) groups excluding carboxylic acids is 3. The third-order valence-electron chi connectivity index (χ3n) is 5.70. The molecule has 1 aliphatic heterocycles. The van der Waals surface area contributed by atoms with Crippen LogP contribution in [0, 0.1) is 30.8 Å². The van der Waals surface area contributed by atoms with Crippen LogP contribution in [-0.4, -0.2) is 41.7 Å². The number of carbonyl (C=O) groups is 3. The normalized spacial score (nSPS) is 27.8. The second-order valence-corrected chi connectivity index (χ2v) is 9.88. The molecule has 4 rings (SSSR count). The average Bonchev–Trinajstić information content (AvgIpc) is 3.37. The average molecular weight is 634 g/mol. The van der Waals surface area contributed by atoms with Crippen molar-refractivity contribution in [3.05, 3.63) is 37.0 Å². The maximum absolute atomic E-state index is 12.7. The molecule has 2 bridgehead atoms. The number of benzene rings is 1. The number of hydrogen-bond acceptors (Lipinski definition) is 6. The Labute approximate surface area is 201 Å². The summed E-state index contributed by atoms with van der Waals surface area (Å²) in [5.74, 6) is -0.437. The molecule has 3 aliphatic rings. The third-order valence-corrected chi connectivity index (χ3v) is 7.31. The van der Waals surface area contributed by atoms with Gasteiger partial charge in [0.15, 0.2) is 6.10 Å². The zero-order valence-electron chi connectivity index (χ0n) is 16.4. The summed E-state index contributed by atoms with van der Waals surface area (Å²) in [6, 6.07) is 3.66. The van der Waals surface area contributed by atoms with E-state index >= 15 is 0 Å². The van der Waals surface area contributed by atoms with Gasteiger partial charge in [-0.3, -0.25) is 9.59 Å². The van der Waals surface area contributed by atoms with Crippen LogP contribution in [0.1, 0.15) is 25.8 Å². The Kier molecular flexibility index (Phi) is 6.20. The lowest BCUT2D eigenvalue weighted by molar-refractivity contribution is -0.150. The van der Waals surface area contributed by atoms with Gasteiger partial charge in [0.1, 0.15) is 5.75 Å². The molecular formula is C21H20I2N2O5. The Morgan fingerprint density at radius 3 is 2.30 bits per heavy atom. The van der Waals surface area contributed by atoms with E-state index in [0.29, 0.717) is 12.4 Å².